The van der Waals surface area contributed by atoms with Crippen molar-refractivity contribution in [1.82, 2.24) is 10.3 Å². The van der Waals surface area contributed by atoms with E-state index in [1.54, 1.807) is 12.3 Å². The monoisotopic (exact) mass is 308 g/mol. The number of aromatic nitrogens is 1. The number of carbonyl (C=O) groups is 1. The molecule has 0 aliphatic carbocycles. The van der Waals surface area contributed by atoms with Crippen molar-refractivity contribution < 1.29 is 14.3 Å². The molecular formula is C15H20N2O3S. The van der Waals surface area contributed by atoms with E-state index in [2.05, 4.69) is 10.3 Å². The Kier molecular flexibility index (Phi) is 5.52. The van der Waals surface area contributed by atoms with E-state index >= 15 is 0 Å². The first-order valence-corrected chi connectivity index (χ1v) is 7.85. The van der Waals surface area contributed by atoms with Gasteiger partial charge in [-0.15, -0.1) is 11.3 Å². The van der Waals surface area contributed by atoms with E-state index in [0.29, 0.717) is 23.8 Å². The molecule has 0 saturated carbocycles. The van der Waals surface area contributed by atoms with Crippen LogP contribution in [0.5, 0.6) is 0 Å². The van der Waals surface area contributed by atoms with Gasteiger partial charge in [-0.2, -0.15) is 0 Å². The number of hydrogen-bond donors (Lipinski definition) is 2. The lowest BCUT2D eigenvalue weighted by Gasteiger charge is -2.13. The van der Waals surface area contributed by atoms with Crippen molar-refractivity contribution in [3.63, 3.8) is 0 Å². The molecule has 0 spiro atoms. The van der Waals surface area contributed by atoms with Gasteiger partial charge >= 0.3 is 0 Å². The highest BCUT2D eigenvalue weighted by molar-refractivity contribution is 7.13. The van der Waals surface area contributed by atoms with Gasteiger partial charge in [-0.3, -0.25) is 4.79 Å². The smallest absolute Gasteiger partial charge is 0.226 e. The van der Waals surface area contributed by atoms with Gasteiger partial charge < -0.3 is 14.8 Å². The number of aliphatic hydroxyl groups is 1. The van der Waals surface area contributed by atoms with Gasteiger partial charge in [-0.1, -0.05) is 13.8 Å². The molecule has 0 aliphatic rings. The summed E-state index contributed by atoms with van der Waals surface area (Å²) in [6, 6.07) is 3.64. The van der Waals surface area contributed by atoms with Crippen LogP contribution in [0.25, 0.3) is 10.8 Å². The molecule has 21 heavy (non-hydrogen) atoms. The quantitative estimate of drug-likeness (QED) is 0.824. The van der Waals surface area contributed by atoms with E-state index < -0.39 is 6.10 Å². The lowest BCUT2D eigenvalue weighted by Crippen LogP contribution is -2.33. The van der Waals surface area contributed by atoms with Crippen LogP contribution in [0.4, 0.5) is 0 Å². The molecule has 5 nitrogen and oxygen atoms in total. The maximum Gasteiger partial charge on any atom is 0.226 e. The highest BCUT2D eigenvalue weighted by Crippen LogP contribution is 2.23. The van der Waals surface area contributed by atoms with Crippen LogP contribution in [0, 0.1) is 5.92 Å². The third kappa shape index (κ3) is 4.99. The van der Waals surface area contributed by atoms with Crippen molar-refractivity contribution in [2.75, 3.05) is 6.54 Å². The molecule has 0 fully saturated rings. The summed E-state index contributed by atoms with van der Waals surface area (Å²) < 4.78 is 5.27. The predicted molar refractivity (Wildman–Crippen MR) is 82.0 cm³/mol. The van der Waals surface area contributed by atoms with Crippen molar-refractivity contribution in [1.29, 1.82) is 0 Å². The minimum Gasteiger partial charge on any atom is -0.462 e. The highest BCUT2D eigenvalue weighted by atomic mass is 32.1. The molecule has 1 amide bonds. The summed E-state index contributed by atoms with van der Waals surface area (Å²) in [7, 11) is 0. The molecular weight excluding hydrogens is 288 g/mol. The van der Waals surface area contributed by atoms with Crippen LogP contribution in [0.15, 0.2) is 28.2 Å². The maximum absolute atomic E-state index is 11.8. The van der Waals surface area contributed by atoms with Crippen LogP contribution in [0.1, 0.15) is 26.0 Å². The Balaban J connectivity index is 1.80. The topological polar surface area (TPSA) is 75.4 Å². The fourth-order valence-electron chi connectivity index (χ4n) is 1.99. The van der Waals surface area contributed by atoms with E-state index in [9.17, 15) is 9.90 Å². The molecule has 2 aromatic heterocycles. The average Bonchev–Trinajstić information content (AvgIpc) is 3.05. The Morgan fingerprint density at radius 1 is 1.52 bits per heavy atom. The molecule has 0 saturated heterocycles. The SMILES string of the molecule is CC(C)CC(O)CNC(=O)Cc1csc(-c2ccco2)n1. The highest BCUT2D eigenvalue weighted by Gasteiger charge is 2.12. The summed E-state index contributed by atoms with van der Waals surface area (Å²) >= 11 is 1.45. The first kappa shape index (κ1) is 15.7. The van der Waals surface area contributed by atoms with Crippen molar-refractivity contribution in [2.24, 2.45) is 5.92 Å². The predicted octanol–water partition coefficient (Wildman–Crippen LogP) is 2.47. The van der Waals surface area contributed by atoms with Crippen molar-refractivity contribution in [3.8, 4) is 10.8 Å². The Hall–Kier alpha value is -1.66. The zero-order chi connectivity index (χ0) is 15.2. The van der Waals surface area contributed by atoms with Crippen LogP contribution in [0.2, 0.25) is 0 Å². The lowest BCUT2D eigenvalue weighted by atomic mass is 10.1. The summed E-state index contributed by atoms with van der Waals surface area (Å²) in [6.45, 7) is 4.36. The summed E-state index contributed by atoms with van der Waals surface area (Å²) in [6.07, 6.45) is 1.99. The standard InChI is InChI=1S/C15H20N2O3S/c1-10(2)6-12(18)8-16-14(19)7-11-9-21-15(17-11)13-4-3-5-20-13/h3-5,9-10,12,18H,6-8H2,1-2H3,(H,16,19). The molecule has 6 heteroatoms. The molecule has 0 aliphatic heterocycles. The van der Waals surface area contributed by atoms with E-state index in [-0.39, 0.29) is 18.9 Å². The fraction of sp³-hybridized carbons (Fsp3) is 0.467. The summed E-state index contributed by atoms with van der Waals surface area (Å²) in [4.78, 5) is 16.2. The molecule has 1 unspecified atom stereocenters. The number of hydrogen-bond acceptors (Lipinski definition) is 5. The Morgan fingerprint density at radius 2 is 2.33 bits per heavy atom. The van der Waals surface area contributed by atoms with Gasteiger partial charge in [-0.25, -0.2) is 4.98 Å². The molecule has 0 radical (unpaired) electrons. The molecule has 2 rings (SSSR count). The van der Waals surface area contributed by atoms with Gasteiger partial charge in [0, 0.05) is 11.9 Å². The largest absolute Gasteiger partial charge is 0.462 e. The lowest BCUT2D eigenvalue weighted by molar-refractivity contribution is -0.121. The zero-order valence-corrected chi connectivity index (χ0v) is 13.0. The molecule has 2 N–H and O–H groups in total. The van der Waals surface area contributed by atoms with Crippen LogP contribution in [0.3, 0.4) is 0 Å². The van der Waals surface area contributed by atoms with Gasteiger partial charge in [-0.05, 0) is 24.5 Å². The fourth-order valence-corrected chi connectivity index (χ4v) is 2.77. The maximum atomic E-state index is 11.8. The Morgan fingerprint density at radius 3 is 3.00 bits per heavy atom. The number of rotatable bonds is 7. The minimum atomic E-state index is -0.497. The van der Waals surface area contributed by atoms with Gasteiger partial charge in [0.05, 0.1) is 24.5 Å². The molecule has 0 bridgehead atoms. The molecule has 2 heterocycles. The summed E-state index contributed by atoms with van der Waals surface area (Å²) in [5.41, 5.74) is 0.710. The van der Waals surface area contributed by atoms with Gasteiger partial charge in [0.15, 0.2) is 10.8 Å². The molecule has 1 atom stereocenters. The van der Waals surface area contributed by atoms with Crippen LogP contribution in [-0.4, -0.2) is 28.6 Å². The number of nitrogens with zero attached hydrogens (tertiary/aromatic N) is 1. The first-order valence-electron chi connectivity index (χ1n) is 6.97. The third-order valence-corrected chi connectivity index (χ3v) is 3.81. The molecule has 2 aromatic rings. The second kappa shape index (κ2) is 7.38. The van der Waals surface area contributed by atoms with Gasteiger partial charge in [0.2, 0.25) is 5.91 Å². The molecule has 0 aromatic carbocycles. The van der Waals surface area contributed by atoms with E-state index in [1.807, 2.05) is 25.3 Å². The van der Waals surface area contributed by atoms with Crippen molar-refractivity contribution >= 4 is 17.2 Å². The minimum absolute atomic E-state index is 0.130. The summed E-state index contributed by atoms with van der Waals surface area (Å²) in [5, 5.41) is 15.1. The van der Waals surface area contributed by atoms with E-state index in [1.165, 1.54) is 11.3 Å². The second-order valence-electron chi connectivity index (χ2n) is 5.39. The summed E-state index contributed by atoms with van der Waals surface area (Å²) in [5.74, 6) is 0.986. The van der Waals surface area contributed by atoms with Crippen LogP contribution >= 0.6 is 11.3 Å². The normalized spacial score (nSPS) is 12.6. The van der Waals surface area contributed by atoms with Crippen LogP contribution < -0.4 is 5.32 Å². The number of thiazole rings is 1. The average molecular weight is 308 g/mol. The van der Waals surface area contributed by atoms with E-state index in [4.69, 9.17) is 4.42 Å². The second-order valence-corrected chi connectivity index (χ2v) is 6.24. The zero-order valence-electron chi connectivity index (χ0n) is 12.2. The van der Waals surface area contributed by atoms with Gasteiger partial charge in [0.1, 0.15) is 0 Å². The first-order chi connectivity index (χ1) is 10.0. The number of furan rings is 1. The number of nitrogens with one attached hydrogen (secondary N) is 1. The third-order valence-electron chi connectivity index (χ3n) is 2.90. The van der Waals surface area contributed by atoms with E-state index in [0.717, 1.165) is 5.01 Å². The number of amides is 1. The Bertz CT molecular complexity index is 563. The van der Waals surface area contributed by atoms with Gasteiger partial charge in [0.25, 0.3) is 0 Å². The van der Waals surface area contributed by atoms with Crippen LogP contribution in [-0.2, 0) is 11.2 Å². The van der Waals surface area contributed by atoms with Crippen molar-refractivity contribution in [3.05, 3.63) is 29.5 Å². The van der Waals surface area contributed by atoms with Crippen molar-refractivity contribution in [2.45, 2.75) is 32.8 Å². The number of carbonyl (C=O) groups excluding carboxylic acids is 1. The Labute approximate surface area is 128 Å². The molecule has 114 valence electrons. The number of aliphatic hydroxyl groups excluding tert-OH is 1.